The van der Waals surface area contributed by atoms with Gasteiger partial charge in [0.15, 0.2) is 0 Å². The number of methoxy groups -OCH3 is 1. The van der Waals surface area contributed by atoms with Crippen LogP contribution in [0.15, 0.2) is 18.2 Å². The maximum Gasteiger partial charge on any atom is 0.313 e. The Kier molecular flexibility index (Phi) is 4.09. The number of ether oxygens (including phenoxy) is 1. The van der Waals surface area contributed by atoms with E-state index in [4.69, 9.17) is 10.5 Å². The molecule has 0 heterocycles. The number of benzene rings is 1. The van der Waals surface area contributed by atoms with Crippen molar-refractivity contribution in [3.05, 3.63) is 23.8 Å². The van der Waals surface area contributed by atoms with Gasteiger partial charge in [-0.1, -0.05) is 13.8 Å². The Morgan fingerprint density at radius 2 is 2.00 bits per heavy atom. The van der Waals surface area contributed by atoms with E-state index in [9.17, 15) is 9.59 Å². The van der Waals surface area contributed by atoms with E-state index in [0.717, 1.165) is 11.3 Å². The molecule has 0 atom stereocenters. The van der Waals surface area contributed by atoms with Crippen LogP contribution in [0.5, 0.6) is 5.75 Å². The highest BCUT2D eigenvalue weighted by Gasteiger charge is 2.12. The number of rotatable bonds is 3. The third-order valence-electron chi connectivity index (χ3n) is 2.33. The monoisotopic (exact) mass is 236 g/mol. The molecule has 0 saturated heterocycles. The number of anilines is 1. The second-order valence-corrected chi connectivity index (χ2v) is 3.93. The van der Waals surface area contributed by atoms with Crippen molar-refractivity contribution < 1.29 is 14.3 Å². The van der Waals surface area contributed by atoms with Crippen molar-refractivity contribution in [1.82, 2.24) is 0 Å². The van der Waals surface area contributed by atoms with Gasteiger partial charge in [-0.15, -0.1) is 0 Å². The quantitative estimate of drug-likeness (QED) is 0.775. The minimum Gasteiger partial charge on any atom is -0.496 e. The molecule has 0 aliphatic heterocycles. The van der Waals surface area contributed by atoms with Crippen molar-refractivity contribution in [3.8, 4) is 5.75 Å². The molecule has 0 aliphatic carbocycles. The van der Waals surface area contributed by atoms with Crippen molar-refractivity contribution in [2.45, 2.75) is 19.8 Å². The average molecular weight is 236 g/mol. The zero-order valence-electron chi connectivity index (χ0n) is 10.1. The highest BCUT2D eigenvalue weighted by Crippen LogP contribution is 2.29. The average Bonchev–Trinajstić information content (AvgIpc) is 2.28. The first-order chi connectivity index (χ1) is 7.95. The van der Waals surface area contributed by atoms with E-state index in [2.05, 4.69) is 5.32 Å². The smallest absolute Gasteiger partial charge is 0.313 e. The van der Waals surface area contributed by atoms with Gasteiger partial charge >= 0.3 is 11.8 Å². The fourth-order valence-corrected chi connectivity index (χ4v) is 1.46. The third-order valence-corrected chi connectivity index (χ3v) is 2.33. The second-order valence-electron chi connectivity index (χ2n) is 3.93. The van der Waals surface area contributed by atoms with Gasteiger partial charge in [-0.25, -0.2) is 0 Å². The lowest BCUT2D eigenvalue weighted by molar-refractivity contribution is -0.134. The van der Waals surface area contributed by atoms with E-state index in [1.165, 1.54) is 0 Å². The van der Waals surface area contributed by atoms with E-state index in [1.807, 2.05) is 13.8 Å². The van der Waals surface area contributed by atoms with Gasteiger partial charge in [0.25, 0.3) is 0 Å². The molecule has 0 unspecified atom stereocenters. The van der Waals surface area contributed by atoms with Crippen LogP contribution in [0.2, 0.25) is 0 Å². The highest BCUT2D eigenvalue weighted by molar-refractivity contribution is 6.39. The third kappa shape index (κ3) is 3.21. The molecule has 17 heavy (non-hydrogen) atoms. The summed E-state index contributed by atoms with van der Waals surface area (Å²) in [5, 5.41) is 2.42. The summed E-state index contributed by atoms with van der Waals surface area (Å²) < 4.78 is 5.21. The Labute approximate surface area is 99.9 Å². The van der Waals surface area contributed by atoms with E-state index in [0.29, 0.717) is 5.69 Å². The molecule has 2 amide bonds. The minimum absolute atomic E-state index is 0.246. The second kappa shape index (κ2) is 5.34. The van der Waals surface area contributed by atoms with Gasteiger partial charge in [0.1, 0.15) is 5.75 Å². The number of primary amides is 1. The standard InChI is InChI=1S/C12H16N2O3/c1-7(2)9-6-8(4-5-10(9)17-3)14-12(16)11(13)15/h4-7H,1-3H3,(H2,13,15)(H,14,16). The molecular weight excluding hydrogens is 220 g/mol. The van der Waals surface area contributed by atoms with Crippen LogP contribution in [-0.4, -0.2) is 18.9 Å². The molecule has 5 heteroatoms. The number of hydrogen-bond donors (Lipinski definition) is 2. The maximum absolute atomic E-state index is 11.1. The Bertz CT molecular complexity index is 441. The first-order valence-electron chi connectivity index (χ1n) is 5.24. The minimum atomic E-state index is -1.01. The van der Waals surface area contributed by atoms with Crippen LogP contribution in [-0.2, 0) is 9.59 Å². The molecule has 0 saturated carbocycles. The molecule has 5 nitrogen and oxygen atoms in total. The number of amides is 2. The number of carbonyl (C=O) groups is 2. The van der Waals surface area contributed by atoms with Gasteiger partial charge in [0, 0.05) is 5.69 Å². The SMILES string of the molecule is COc1ccc(NC(=O)C(N)=O)cc1C(C)C. The Hall–Kier alpha value is -2.04. The molecule has 0 bridgehead atoms. The summed E-state index contributed by atoms with van der Waals surface area (Å²) in [6.07, 6.45) is 0. The lowest BCUT2D eigenvalue weighted by Gasteiger charge is -2.13. The number of hydrogen-bond acceptors (Lipinski definition) is 3. The molecule has 0 aromatic heterocycles. The molecule has 1 aromatic rings. The summed E-state index contributed by atoms with van der Waals surface area (Å²) in [5.74, 6) is -0.843. The molecule has 0 radical (unpaired) electrons. The zero-order chi connectivity index (χ0) is 13.0. The van der Waals surface area contributed by atoms with Gasteiger partial charge in [0.2, 0.25) is 0 Å². The Morgan fingerprint density at radius 1 is 1.35 bits per heavy atom. The van der Waals surface area contributed by atoms with Crippen molar-refractivity contribution in [2.24, 2.45) is 5.73 Å². The summed E-state index contributed by atoms with van der Waals surface area (Å²) in [6, 6.07) is 5.17. The van der Waals surface area contributed by atoms with Crippen LogP contribution in [0.1, 0.15) is 25.3 Å². The van der Waals surface area contributed by atoms with Crippen molar-refractivity contribution in [3.63, 3.8) is 0 Å². The molecule has 1 rings (SSSR count). The molecule has 0 spiro atoms. The predicted octanol–water partition coefficient (Wildman–Crippen LogP) is 1.24. The lowest BCUT2D eigenvalue weighted by atomic mass is 10.0. The van der Waals surface area contributed by atoms with Crippen molar-refractivity contribution in [2.75, 3.05) is 12.4 Å². The number of nitrogens with one attached hydrogen (secondary N) is 1. The van der Waals surface area contributed by atoms with E-state index < -0.39 is 11.8 Å². The highest BCUT2D eigenvalue weighted by atomic mass is 16.5. The fraction of sp³-hybridized carbons (Fsp3) is 0.333. The normalized spacial score (nSPS) is 10.1. The van der Waals surface area contributed by atoms with Crippen LogP contribution >= 0.6 is 0 Å². The number of carbonyl (C=O) groups excluding carboxylic acids is 2. The van der Waals surface area contributed by atoms with E-state index in [1.54, 1.807) is 25.3 Å². The largest absolute Gasteiger partial charge is 0.496 e. The summed E-state index contributed by atoms with van der Waals surface area (Å²) in [4.78, 5) is 21.8. The van der Waals surface area contributed by atoms with Crippen LogP contribution < -0.4 is 15.8 Å². The number of nitrogens with two attached hydrogens (primary N) is 1. The molecular formula is C12H16N2O3. The van der Waals surface area contributed by atoms with Gasteiger partial charge in [-0.05, 0) is 29.7 Å². The Morgan fingerprint density at radius 3 is 2.47 bits per heavy atom. The van der Waals surface area contributed by atoms with Crippen molar-refractivity contribution in [1.29, 1.82) is 0 Å². The molecule has 1 aromatic carbocycles. The molecule has 0 fully saturated rings. The van der Waals surface area contributed by atoms with Gasteiger partial charge in [0.05, 0.1) is 7.11 Å². The zero-order valence-corrected chi connectivity index (χ0v) is 10.1. The van der Waals surface area contributed by atoms with Gasteiger partial charge in [-0.2, -0.15) is 0 Å². The first-order valence-corrected chi connectivity index (χ1v) is 5.24. The first kappa shape index (κ1) is 13.0. The van der Waals surface area contributed by atoms with Crippen LogP contribution in [0, 0.1) is 0 Å². The topological polar surface area (TPSA) is 81.4 Å². The summed E-state index contributed by atoms with van der Waals surface area (Å²) >= 11 is 0. The van der Waals surface area contributed by atoms with Crippen LogP contribution in [0.4, 0.5) is 5.69 Å². The van der Waals surface area contributed by atoms with Gasteiger partial charge < -0.3 is 15.8 Å². The lowest BCUT2D eigenvalue weighted by Crippen LogP contribution is -2.29. The summed E-state index contributed by atoms with van der Waals surface area (Å²) in [5.41, 5.74) is 6.34. The van der Waals surface area contributed by atoms with Crippen LogP contribution in [0.25, 0.3) is 0 Å². The van der Waals surface area contributed by atoms with E-state index >= 15 is 0 Å². The van der Waals surface area contributed by atoms with E-state index in [-0.39, 0.29) is 5.92 Å². The molecule has 92 valence electrons. The molecule has 3 N–H and O–H groups in total. The summed E-state index contributed by atoms with van der Waals surface area (Å²) in [6.45, 7) is 4.02. The van der Waals surface area contributed by atoms with Gasteiger partial charge in [-0.3, -0.25) is 9.59 Å². The Balaban J connectivity index is 3.00. The maximum atomic E-state index is 11.1. The summed E-state index contributed by atoms with van der Waals surface area (Å²) in [7, 11) is 1.59. The van der Waals surface area contributed by atoms with Crippen molar-refractivity contribution >= 4 is 17.5 Å². The molecule has 0 aliphatic rings. The van der Waals surface area contributed by atoms with Crippen LogP contribution in [0.3, 0.4) is 0 Å². The predicted molar refractivity (Wildman–Crippen MR) is 64.9 cm³/mol. The fourth-order valence-electron chi connectivity index (χ4n) is 1.46.